The van der Waals surface area contributed by atoms with Crippen molar-refractivity contribution in [2.24, 2.45) is 0 Å². The van der Waals surface area contributed by atoms with Gasteiger partial charge in [0.25, 0.3) is 0 Å². The predicted octanol–water partition coefficient (Wildman–Crippen LogP) is 3.50. The molecule has 2 rings (SSSR count). The molecule has 0 unspecified atom stereocenters. The molecule has 19 heavy (non-hydrogen) atoms. The summed E-state index contributed by atoms with van der Waals surface area (Å²) in [5.41, 5.74) is 1.28. The van der Waals surface area contributed by atoms with E-state index in [1.54, 1.807) is 0 Å². The maximum Gasteiger partial charge on any atom is 0.133 e. The van der Waals surface area contributed by atoms with Crippen molar-refractivity contribution < 1.29 is 9.47 Å². The minimum absolute atomic E-state index is 0.253. The third kappa shape index (κ3) is 5.51. The van der Waals surface area contributed by atoms with E-state index in [2.05, 4.69) is 33.4 Å². The van der Waals surface area contributed by atoms with Crippen LogP contribution in [0.3, 0.4) is 0 Å². The highest BCUT2D eigenvalue weighted by atomic mass is 79.9. The molecular weight excluding hydrogens is 306 g/mol. The fourth-order valence-corrected chi connectivity index (χ4v) is 2.30. The van der Waals surface area contributed by atoms with Crippen LogP contribution in [0.2, 0.25) is 0 Å². The molecule has 3 nitrogen and oxygen atoms in total. The van der Waals surface area contributed by atoms with Crippen molar-refractivity contribution in [2.75, 3.05) is 13.2 Å². The molecule has 0 amide bonds. The van der Waals surface area contributed by atoms with Gasteiger partial charge < -0.3 is 14.8 Å². The number of hydrogen-bond donors (Lipinski definition) is 1. The lowest BCUT2D eigenvalue weighted by molar-refractivity contribution is 0.0551. The smallest absolute Gasteiger partial charge is 0.133 e. The fourth-order valence-electron chi connectivity index (χ4n) is 1.76. The molecule has 1 fully saturated rings. The first-order valence-electron chi connectivity index (χ1n) is 6.91. The van der Waals surface area contributed by atoms with Gasteiger partial charge in [0.1, 0.15) is 12.4 Å². The van der Waals surface area contributed by atoms with Gasteiger partial charge in [-0.3, -0.25) is 0 Å². The van der Waals surface area contributed by atoms with Gasteiger partial charge in [-0.15, -0.1) is 0 Å². The topological polar surface area (TPSA) is 30.5 Å². The van der Waals surface area contributed by atoms with Crippen molar-refractivity contribution in [1.82, 2.24) is 5.32 Å². The van der Waals surface area contributed by atoms with E-state index in [1.807, 2.05) is 19.9 Å². The van der Waals surface area contributed by atoms with E-state index in [1.165, 1.54) is 18.4 Å². The second kappa shape index (κ2) is 7.27. The van der Waals surface area contributed by atoms with Gasteiger partial charge in [-0.25, -0.2) is 0 Å². The predicted molar refractivity (Wildman–Crippen MR) is 80.6 cm³/mol. The van der Waals surface area contributed by atoms with Crippen LogP contribution in [0.1, 0.15) is 32.3 Å². The van der Waals surface area contributed by atoms with Crippen LogP contribution >= 0.6 is 15.9 Å². The largest absolute Gasteiger partial charge is 0.490 e. The monoisotopic (exact) mass is 327 g/mol. The highest BCUT2D eigenvalue weighted by Gasteiger charge is 2.19. The number of hydrogen-bond acceptors (Lipinski definition) is 3. The minimum Gasteiger partial charge on any atom is -0.490 e. The maximum absolute atomic E-state index is 5.69. The van der Waals surface area contributed by atoms with Crippen molar-refractivity contribution in [3.63, 3.8) is 0 Å². The van der Waals surface area contributed by atoms with Gasteiger partial charge >= 0.3 is 0 Å². The summed E-state index contributed by atoms with van der Waals surface area (Å²) in [7, 11) is 0. The molecule has 0 spiro atoms. The molecule has 1 aromatic rings. The van der Waals surface area contributed by atoms with Gasteiger partial charge in [0.2, 0.25) is 0 Å². The van der Waals surface area contributed by atoms with Crippen LogP contribution in [-0.4, -0.2) is 25.4 Å². The minimum atomic E-state index is 0.253. The molecule has 106 valence electrons. The quantitative estimate of drug-likeness (QED) is 0.741. The number of benzene rings is 1. The lowest BCUT2D eigenvalue weighted by atomic mass is 10.2. The Morgan fingerprint density at radius 1 is 1.32 bits per heavy atom. The van der Waals surface area contributed by atoms with E-state index < -0.39 is 0 Å². The van der Waals surface area contributed by atoms with Gasteiger partial charge in [0.15, 0.2) is 0 Å². The molecular formula is C15H22BrNO2. The summed E-state index contributed by atoms with van der Waals surface area (Å²) in [5.74, 6) is 0.877. The summed E-state index contributed by atoms with van der Waals surface area (Å²) < 4.78 is 12.1. The molecule has 0 aromatic heterocycles. The summed E-state index contributed by atoms with van der Waals surface area (Å²) in [6.45, 7) is 6.18. The van der Waals surface area contributed by atoms with Gasteiger partial charge in [0, 0.05) is 12.6 Å². The second-order valence-electron chi connectivity index (χ2n) is 5.19. The lowest BCUT2D eigenvalue weighted by Crippen LogP contribution is -2.15. The first kappa shape index (κ1) is 14.8. The van der Waals surface area contributed by atoms with E-state index in [4.69, 9.17) is 9.47 Å². The molecule has 1 saturated carbocycles. The fraction of sp³-hybridized carbons (Fsp3) is 0.600. The first-order chi connectivity index (χ1) is 9.15. The number of ether oxygens (including phenoxy) is 2. The zero-order valence-corrected chi connectivity index (χ0v) is 13.2. The Labute approximate surface area is 123 Å². The molecule has 0 bridgehead atoms. The standard InChI is InChI=1S/C15H22BrNO2/c1-11(2)18-7-8-19-15-6-3-12(9-14(15)16)10-17-13-4-5-13/h3,6,9,11,13,17H,4-5,7-8,10H2,1-2H3. The molecule has 0 radical (unpaired) electrons. The van der Waals surface area contributed by atoms with E-state index in [-0.39, 0.29) is 6.10 Å². The first-order valence-corrected chi connectivity index (χ1v) is 7.70. The number of nitrogens with one attached hydrogen (secondary N) is 1. The van der Waals surface area contributed by atoms with Gasteiger partial charge in [-0.2, -0.15) is 0 Å². The third-order valence-electron chi connectivity index (χ3n) is 2.96. The normalized spacial score (nSPS) is 14.9. The Hall–Kier alpha value is -0.580. The molecule has 1 N–H and O–H groups in total. The molecule has 0 saturated heterocycles. The van der Waals surface area contributed by atoms with Gasteiger partial charge in [0.05, 0.1) is 17.2 Å². The molecule has 0 aliphatic heterocycles. The Bertz CT molecular complexity index is 405. The molecule has 0 atom stereocenters. The van der Waals surface area contributed by atoms with Crippen LogP contribution in [0.15, 0.2) is 22.7 Å². The summed E-state index contributed by atoms with van der Waals surface area (Å²) in [5, 5.41) is 3.50. The van der Waals surface area contributed by atoms with Gasteiger partial charge in [-0.1, -0.05) is 6.07 Å². The van der Waals surface area contributed by atoms with Crippen molar-refractivity contribution in [1.29, 1.82) is 0 Å². The highest BCUT2D eigenvalue weighted by Crippen LogP contribution is 2.26. The highest BCUT2D eigenvalue weighted by molar-refractivity contribution is 9.10. The van der Waals surface area contributed by atoms with Crippen LogP contribution in [0.25, 0.3) is 0 Å². The lowest BCUT2D eigenvalue weighted by Gasteiger charge is -2.11. The average molecular weight is 328 g/mol. The molecule has 4 heteroatoms. The van der Waals surface area contributed by atoms with Crippen LogP contribution < -0.4 is 10.1 Å². The van der Waals surface area contributed by atoms with E-state index >= 15 is 0 Å². The Morgan fingerprint density at radius 2 is 2.11 bits per heavy atom. The van der Waals surface area contributed by atoms with Crippen molar-refractivity contribution in [2.45, 2.75) is 45.4 Å². The number of rotatable bonds is 8. The van der Waals surface area contributed by atoms with Gasteiger partial charge in [-0.05, 0) is 60.3 Å². The van der Waals surface area contributed by atoms with Crippen LogP contribution in [0.5, 0.6) is 5.75 Å². The zero-order chi connectivity index (χ0) is 13.7. The molecule has 1 aromatic carbocycles. The van der Waals surface area contributed by atoms with Crippen molar-refractivity contribution >= 4 is 15.9 Å². The number of halogens is 1. The van der Waals surface area contributed by atoms with E-state index in [0.717, 1.165) is 22.8 Å². The Morgan fingerprint density at radius 3 is 2.74 bits per heavy atom. The SMILES string of the molecule is CC(C)OCCOc1ccc(CNC2CC2)cc1Br. The Kier molecular flexibility index (Phi) is 5.67. The molecule has 1 aliphatic carbocycles. The average Bonchev–Trinajstić information content (AvgIpc) is 3.17. The summed E-state index contributed by atoms with van der Waals surface area (Å²) in [6, 6.07) is 6.98. The third-order valence-corrected chi connectivity index (χ3v) is 3.58. The van der Waals surface area contributed by atoms with E-state index in [0.29, 0.717) is 13.2 Å². The van der Waals surface area contributed by atoms with Crippen LogP contribution in [-0.2, 0) is 11.3 Å². The summed E-state index contributed by atoms with van der Waals surface area (Å²) in [4.78, 5) is 0. The summed E-state index contributed by atoms with van der Waals surface area (Å²) >= 11 is 3.56. The van der Waals surface area contributed by atoms with Crippen LogP contribution in [0.4, 0.5) is 0 Å². The molecule has 0 heterocycles. The zero-order valence-electron chi connectivity index (χ0n) is 11.6. The second-order valence-corrected chi connectivity index (χ2v) is 6.04. The van der Waals surface area contributed by atoms with Crippen LogP contribution in [0, 0.1) is 0 Å². The van der Waals surface area contributed by atoms with E-state index in [9.17, 15) is 0 Å². The van der Waals surface area contributed by atoms with Crippen molar-refractivity contribution in [3.05, 3.63) is 28.2 Å². The Balaban J connectivity index is 1.77. The summed E-state index contributed by atoms with van der Waals surface area (Å²) in [6.07, 6.45) is 2.89. The molecule has 1 aliphatic rings. The maximum atomic E-state index is 5.69. The van der Waals surface area contributed by atoms with Crippen molar-refractivity contribution in [3.8, 4) is 5.75 Å².